The lowest BCUT2D eigenvalue weighted by Crippen LogP contribution is -2.32. The lowest BCUT2D eigenvalue weighted by Gasteiger charge is -2.21. The molecule has 0 spiro atoms. The zero-order valence-corrected chi connectivity index (χ0v) is 19.5. The molecule has 9 heteroatoms. The van der Waals surface area contributed by atoms with Crippen molar-refractivity contribution in [3.63, 3.8) is 0 Å². The molecule has 0 radical (unpaired) electrons. The summed E-state index contributed by atoms with van der Waals surface area (Å²) >= 11 is 0. The number of ether oxygens (including phenoxy) is 2. The fourth-order valence-corrected chi connectivity index (χ4v) is 4.95. The lowest BCUT2D eigenvalue weighted by atomic mass is 9.85. The van der Waals surface area contributed by atoms with E-state index in [-0.39, 0.29) is 24.1 Å². The van der Waals surface area contributed by atoms with E-state index in [9.17, 15) is 4.79 Å². The Morgan fingerprint density at radius 3 is 2.50 bits per heavy atom. The number of hydrogen-bond donors (Lipinski definition) is 3. The normalized spacial score (nSPS) is 19.9. The summed E-state index contributed by atoms with van der Waals surface area (Å²) < 4.78 is 11.1. The highest BCUT2D eigenvalue weighted by molar-refractivity contribution is 6.04. The molecule has 2 fully saturated rings. The number of benzene rings is 2. The van der Waals surface area contributed by atoms with Gasteiger partial charge in [0.25, 0.3) is 0 Å². The Labute approximate surface area is 198 Å². The minimum atomic E-state index is -0.164. The van der Waals surface area contributed by atoms with Crippen molar-refractivity contribution in [3.8, 4) is 17.8 Å². The summed E-state index contributed by atoms with van der Waals surface area (Å²) in [7, 11) is 3.19. The van der Waals surface area contributed by atoms with Gasteiger partial charge in [0.15, 0.2) is 0 Å². The van der Waals surface area contributed by atoms with Gasteiger partial charge in [0, 0.05) is 23.9 Å². The van der Waals surface area contributed by atoms with E-state index in [1.54, 1.807) is 13.1 Å². The van der Waals surface area contributed by atoms with E-state index in [2.05, 4.69) is 30.9 Å². The topological polar surface area (TPSA) is 110 Å². The van der Waals surface area contributed by atoms with Gasteiger partial charge >= 0.3 is 18.1 Å². The SMILES string of the molecule is CNc1nc(OC)nc(Oc2ccc(NC(=O)NC3CC3C3CCCCC3)c3ccccc23)n1. The number of urea groups is 1. The van der Waals surface area contributed by atoms with Gasteiger partial charge in [0.05, 0.1) is 12.8 Å². The number of nitrogens with one attached hydrogen (secondary N) is 3. The summed E-state index contributed by atoms with van der Waals surface area (Å²) in [4.78, 5) is 25.3. The molecule has 2 amide bonds. The molecule has 3 aromatic rings. The maximum absolute atomic E-state index is 12.8. The number of anilines is 2. The third-order valence-corrected chi connectivity index (χ3v) is 6.75. The Morgan fingerprint density at radius 1 is 0.971 bits per heavy atom. The van der Waals surface area contributed by atoms with Crippen molar-refractivity contribution in [2.45, 2.75) is 44.6 Å². The molecule has 9 nitrogen and oxygen atoms in total. The minimum absolute atomic E-state index is 0.113. The Morgan fingerprint density at radius 2 is 1.74 bits per heavy atom. The lowest BCUT2D eigenvalue weighted by molar-refractivity contribution is 0.249. The third kappa shape index (κ3) is 4.83. The average molecular weight is 463 g/mol. The molecular formula is C25H30N6O3. The van der Waals surface area contributed by atoms with Gasteiger partial charge in [-0.3, -0.25) is 0 Å². The van der Waals surface area contributed by atoms with E-state index < -0.39 is 0 Å². The molecule has 0 saturated heterocycles. The van der Waals surface area contributed by atoms with Crippen molar-refractivity contribution in [2.75, 3.05) is 24.8 Å². The zero-order valence-electron chi connectivity index (χ0n) is 19.5. The molecule has 2 saturated carbocycles. The maximum Gasteiger partial charge on any atom is 0.330 e. The number of nitrogens with zero attached hydrogens (tertiary/aromatic N) is 3. The van der Waals surface area contributed by atoms with Gasteiger partial charge in [-0.1, -0.05) is 56.4 Å². The first-order chi connectivity index (χ1) is 16.6. The van der Waals surface area contributed by atoms with E-state index in [4.69, 9.17) is 9.47 Å². The molecule has 1 heterocycles. The Bertz CT molecular complexity index is 1160. The Balaban J connectivity index is 1.30. The van der Waals surface area contributed by atoms with Gasteiger partial charge in [0.2, 0.25) is 5.95 Å². The van der Waals surface area contributed by atoms with Gasteiger partial charge in [0.1, 0.15) is 5.75 Å². The van der Waals surface area contributed by atoms with Crippen LogP contribution in [0.5, 0.6) is 17.8 Å². The van der Waals surface area contributed by atoms with Crippen LogP contribution in [0.4, 0.5) is 16.4 Å². The van der Waals surface area contributed by atoms with E-state index in [1.807, 2.05) is 30.3 Å². The molecule has 1 aromatic heterocycles. The third-order valence-electron chi connectivity index (χ3n) is 6.75. The molecule has 2 unspecified atom stereocenters. The van der Waals surface area contributed by atoms with Crippen molar-refractivity contribution in [3.05, 3.63) is 36.4 Å². The van der Waals surface area contributed by atoms with Crippen molar-refractivity contribution in [1.82, 2.24) is 20.3 Å². The van der Waals surface area contributed by atoms with Gasteiger partial charge in [-0.15, -0.1) is 4.98 Å². The predicted molar refractivity (Wildman–Crippen MR) is 131 cm³/mol. The van der Waals surface area contributed by atoms with Crippen LogP contribution in [0.15, 0.2) is 36.4 Å². The highest BCUT2D eigenvalue weighted by atomic mass is 16.5. The van der Waals surface area contributed by atoms with Crippen LogP contribution in [-0.4, -0.2) is 41.2 Å². The van der Waals surface area contributed by atoms with E-state index in [1.165, 1.54) is 39.2 Å². The van der Waals surface area contributed by atoms with Crippen LogP contribution < -0.4 is 25.4 Å². The van der Waals surface area contributed by atoms with Crippen molar-refractivity contribution in [2.24, 2.45) is 11.8 Å². The molecule has 0 aliphatic heterocycles. The molecule has 5 rings (SSSR count). The van der Waals surface area contributed by atoms with Crippen LogP contribution in [0.3, 0.4) is 0 Å². The summed E-state index contributed by atoms with van der Waals surface area (Å²) in [5.41, 5.74) is 0.722. The smallest absolute Gasteiger partial charge is 0.330 e. The Hall–Kier alpha value is -3.62. The van der Waals surface area contributed by atoms with Crippen molar-refractivity contribution in [1.29, 1.82) is 0 Å². The number of methoxy groups -OCH3 is 1. The fourth-order valence-electron chi connectivity index (χ4n) is 4.95. The fraction of sp³-hybridized carbons (Fsp3) is 0.440. The van der Waals surface area contributed by atoms with E-state index in [0.717, 1.165) is 28.8 Å². The standard InChI is InChI=1S/C25H30N6O3/c1-26-22-29-24(33-2)31-25(30-22)34-21-13-12-19(16-10-6-7-11-17(16)21)27-23(32)28-20-14-18(20)15-8-4-3-5-9-15/h6-7,10-13,15,18,20H,3-5,8-9,14H2,1-2H3,(H2,27,28,32)(H,26,29,30,31). The zero-order chi connectivity index (χ0) is 23.5. The number of aromatic nitrogens is 3. The number of carbonyl (C=O) groups is 1. The maximum atomic E-state index is 12.8. The summed E-state index contributed by atoms with van der Waals surface area (Å²) in [6, 6.07) is 11.8. The van der Waals surface area contributed by atoms with Crippen LogP contribution in [-0.2, 0) is 0 Å². The van der Waals surface area contributed by atoms with Crippen LogP contribution in [0.1, 0.15) is 38.5 Å². The van der Waals surface area contributed by atoms with Crippen molar-refractivity contribution < 1.29 is 14.3 Å². The first-order valence-corrected chi connectivity index (χ1v) is 11.9. The molecule has 3 N–H and O–H groups in total. The summed E-state index contributed by atoms with van der Waals surface area (Å²) in [5, 5.41) is 10.8. The average Bonchev–Trinajstić information content (AvgIpc) is 3.64. The molecule has 2 atom stereocenters. The number of hydrogen-bond acceptors (Lipinski definition) is 7. The predicted octanol–water partition coefficient (Wildman–Crippen LogP) is 4.96. The Kier molecular flexibility index (Phi) is 6.33. The molecule has 178 valence electrons. The van der Waals surface area contributed by atoms with Gasteiger partial charge in [-0.05, 0) is 30.4 Å². The highest BCUT2D eigenvalue weighted by Gasteiger charge is 2.43. The molecule has 34 heavy (non-hydrogen) atoms. The molecule has 2 aromatic carbocycles. The second-order valence-electron chi connectivity index (χ2n) is 8.94. The van der Waals surface area contributed by atoms with E-state index >= 15 is 0 Å². The van der Waals surface area contributed by atoms with Gasteiger partial charge < -0.3 is 25.4 Å². The molecule has 2 aliphatic carbocycles. The molecule has 0 bridgehead atoms. The van der Waals surface area contributed by atoms with Gasteiger partial charge in [-0.2, -0.15) is 9.97 Å². The number of rotatable bonds is 7. The van der Waals surface area contributed by atoms with Crippen LogP contribution in [0, 0.1) is 11.8 Å². The number of amides is 2. The number of carbonyl (C=O) groups excluding carboxylic acids is 1. The summed E-state index contributed by atoms with van der Waals surface area (Å²) in [6.07, 6.45) is 7.71. The van der Waals surface area contributed by atoms with Crippen LogP contribution in [0.2, 0.25) is 0 Å². The second-order valence-corrected chi connectivity index (χ2v) is 8.94. The minimum Gasteiger partial charge on any atom is -0.467 e. The monoisotopic (exact) mass is 462 g/mol. The second kappa shape index (κ2) is 9.70. The quantitative estimate of drug-likeness (QED) is 0.455. The van der Waals surface area contributed by atoms with Gasteiger partial charge in [-0.25, -0.2) is 4.79 Å². The largest absolute Gasteiger partial charge is 0.467 e. The first-order valence-electron chi connectivity index (χ1n) is 11.9. The van der Waals surface area contributed by atoms with Crippen LogP contribution in [0.25, 0.3) is 10.8 Å². The van der Waals surface area contributed by atoms with E-state index in [0.29, 0.717) is 17.6 Å². The molecule has 2 aliphatic rings. The highest BCUT2D eigenvalue weighted by Crippen LogP contribution is 2.44. The first kappa shape index (κ1) is 22.2. The van der Waals surface area contributed by atoms with Crippen LogP contribution >= 0.6 is 0 Å². The summed E-state index contributed by atoms with van der Waals surface area (Å²) in [5.74, 6) is 2.32. The van der Waals surface area contributed by atoms with Crippen molar-refractivity contribution >= 4 is 28.4 Å². The number of fused-ring (bicyclic) bond motifs is 1. The molecular weight excluding hydrogens is 432 g/mol. The summed E-state index contributed by atoms with van der Waals surface area (Å²) in [6.45, 7) is 0.